The molecule has 0 amide bonds. The fourth-order valence-corrected chi connectivity index (χ4v) is 1.25. The van der Waals surface area contributed by atoms with Crippen molar-refractivity contribution in [1.82, 2.24) is 4.98 Å². The van der Waals surface area contributed by atoms with E-state index in [0.717, 1.165) is 18.7 Å². The number of anilines is 1. The van der Waals surface area contributed by atoms with Gasteiger partial charge in [0.2, 0.25) is 0 Å². The monoisotopic (exact) mass is 150 g/mol. The summed E-state index contributed by atoms with van der Waals surface area (Å²) in [6.07, 6.45) is 0.961. The largest absolute Gasteiger partial charge is 0.384 e. The lowest BCUT2D eigenvalue weighted by Crippen LogP contribution is -2.12. The Morgan fingerprint density at radius 2 is 2.36 bits per heavy atom. The number of fused-ring (bicyclic) bond motifs is 1. The van der Waals surface area contributed by atoms with Gasteiger partial charge < -0.3 is 10.5 Å². The van der Waals surface area contributed by atoms with Crippen molar-refractivity contribution in [3.05, 3.63) is 23.4 Å². The normalized spacial score (nSPS) is 16.0. The molecule has 0 radical (unpaired) electrons. The number of pyridine rings is 1. The number of ether oxygens (including phenoxy) is 1. The van der Waals surface area contributed by atoms with Crippen LogP contribution >= 0.6 is 0 Å². The van der Waals surface area contributed by atoms with Gasteiger partial charge in [0.15, 0.2) is 0 Å². The van der Waals surface area contributed by atoms with E-state index in [0.29, 0.717) is 12.4 Å². The van der Waals surface area contributed by atoms with E-state index >= 15 is 0 Å². The lowest BCUT2D eigenvalue weighted by molar-refractivity contribution is 0.107. The molecule has 2 heterocycles. The Morgan fingerprint density at radius 1 is 1.45 bits per heavy atom. The highest BCUT2D eigenvalue weighted by Gasteiger charge is 2.09. The fraction of sp³-hybridized carbons (Fsp3) is 0.375. The molecule has 1 aliphatic rings. The smallest absolute Gasteiger partial charge is 0.123 e. The quantitative estimate of drug-likeness (QED) is 0.593. The lowest BCUT2D eigenvalue weighted by Gasteiger charge is -2.14. The highest BCUT2D eigenvalue weighted by atomic mass is 16.5. The Bertz CT molecular complexity index is 273. The molecule has 1 aromatic heterocycles. The van der Waals surface area contributed by atoms with Gasteiger partial charge >= 0.3 is 0 Å². The molecule has 58 valence electrons. The van der Waals surface area contributed by atoms with E-state index in [1.807, 2.05) is 12.1 Å². The first-order valence-electron chi connectivity index (χ1n) is 3.68. The fourth-order valence-electron chi connectivity index (χ4n) is 1.25. The average molecular weight is 150 g/mol. The van der Waals surface area contributed by atoms with Crippen LogP contribution in [0, 0.1) is 0 Å². The zero-order valence-corrected chi connectivity index (χ0v) is 6.21. The van der Waals surface area contributed by atoms with Gasteiger partial charge in [-0.05, 0) is 18.1 Å². The predicted molar refractivity (Wildman–Crippen MR) is 42.0 cm³/mol. The SMILES string of the molecule is Nc1ccc2c(n1)COCC2. The summed E-state index contributed by atoms with van der Waals surface area (Å²) in [4.78, 5) is 4.17. The Balaban J connectivity index is 2.43. The third-order valence-corrected chi connectivity index (χ3v) is 1.84. The van der Waals surface area contributed by atoms with E-state index in [9.17, 15) is 0 Å². The maximum atomic E-state index is 5.52. The summed E-state index contributed by atoms with van der Waals surface area (Å²) in [5, 5.41) is 0. The van der Waals surface area contributed by atoms with E-state index in [-0.39, 0.29) is 0 Å². The Hall–Kier alpha value is -1.09. The molecular weight excluding hydrogens is 140 g/mol. The second kappa shape index (κ2) is 2.51. The first kappa shape index (κ1) is 6.61. The molecule has 0 atom stereocenters. The van der Waals surface area contributed by atoms with Crippen molar-refractivity contribution >= 4 is 5.82 Å². The summed E-state index contributed by atoms with van der Waals surface area (Å²) in [7, 11) is 0. The van der Waals surface area contributed by atoms with Gasteiger partial charge in [0.05, 0.1) is 18.9 Å². The van der Waals surface area contributed by atoms with Crippen LogP contribution in [0.2, 0.25) is 0 Å². The number of rotatable bonds is 0. The van der Waals surface area contributed by atoms with E-state index in [4.69, 9.17) is 10.5 Å². The van der Waals surface area contributed by atoms with E-state index in [2.05, 4.69) is 4.98 Å². The number of aromatic nitrogens is 1. The van der Waals surface area contributed by atoms with Crippen molar-refractivity contribution in [1.29, 1.82) is 0 Å². The Labute approximate surface area is 65.2 Å². The van der Waals surface area contributed by atoms with Crippen molar-refractivity contribution in [3.63, 3.8) is 0 Å². The summed E-state index contributed by atoms with van der Waals surface area (Å²) < 4.78 is 5.23. The maximum Gasteiger partial charge on any atom is 0.123 e. The highest BCUT2D eigenvalue weighted by Crippen LogP contribution is 2.15. The molecule has 0 bridgehead atoms. The van der Waals surface area contributed by atoms with E-state index < -0.39 is 0 Å². The second-order valence-electron chi connectivity index (χ2n) is 2.64. The van der Waals surface area contributed by atoms with Crippen LogP contribution in [0.25, 0.3) is 0 Å². The molecule has 0 aromatic carbocycles. The van der Waals surface area contributed by atoms with Gasteiger partial charge in [-0.15, -0.1) is 0 Å². The van der Waals surface area contributed by atoms with Gasteiger partial charge in [0.25, 0.3) is 0 Å². The summed E-state index contributed by atoms with van der Waals surface area (Å²) >= 11 is 0. The Kier molecular flexibility index (Phi) is 1.51. The van der Waals surface area contributed by atoms with Gasteiger partial charge in [-0.25, -0.2) is 4.98 Å². The van der Waals surface area contributed by atoms with Crippen LogP contribution in [0.5, 0.6) is 0 Å². The minimum Gasteiger partial charge on any atom is -0.384 e. The van der Waals surface area contributed by atoms with E-state index in [1.54, 1.807) is 0 Å². The van der Waals surface area contributed by atoms with Gasteiger partial charge in [0, 0.05) is 0 Å². The minimum atomic E-state index is 0.578. The molecule has 0 saturated heterocycles. The molecule has 0 aliphatic carbocycles. The van der Waals surface area contributed by atoms with Crippen molar-refractivity contribution in [2.75, 3.05) is 12.3 Å². The predicted octanol–water partition coefficient (Wildman–Crippen LogP) is 0.737. The van der Waals surface area contributed by atoms with Crippen LogP contribution < -0.4 is 5.73 Å². The number of nitrogens with zero attached hydrogens (tertiary/aromatic N) is 1. The van der Waals surface area contributed by atoms with Gasteiger partial charge in [-0.2, -0.15) is 0 Å². The molecule has 2 N–H and O–H groups in total. The third-order valence-electron chi connectivity index (χ3n) is 1.84. The van der Waals surface area contributed by atoms with Crippen molar-refractivity contribution < 1.29 is 4.74 Å². The minimum absolute atomic E-state index is 0.578. The standard InChI is InChI=1S/C8H10N2O/c9-8-2-1-6-3-4-11-5-7(6)10-8/h1-2H,3-5H2,(H2,9,10). The van der Waals surface area contributed by atoms with Crippen molar-refractivity contribution in [2.45, 2.75) is 13.0 Å². The molecule has 0 spiro atoms. The summed E-state index contributed by atoms with van der Waals surface area (Å²) in [6.45, 7) is 1.42. The lowest BCUT2D eigenvalue weighted by atomic mass is 10.1. The molecule has 1 aliphatic heterocycles. The second-order valence-corrected chi connectivity index (χ2v) is 2.64. The van der Waals surface area contributed by atoms with Crippen LogP contribution in [0.4, 0.5) is 5.82 Å². The molecule has 1 aromatic rings. The van der Waals surface area contributed by atoms with Crippen molar-refractivity contribution in [3.8, 4) is 0 Å². The van der Waals surface area contributed by atoms with Crippen LogP contribution in [0.3, 0.4) is 0 Å². The highest BCUT2D eigenvalue weighted by molar-refractivity contribution is 5.34. The molecule has 0 unspecified atom stereocenters. The van der Waals surface area contributed by atoms with Crippen LogP contribution in [-0.2, 0) is 17.8 Å². The third kappa shape index (κ3) is 1.19. The Morgan fingerprint density at radius 3 is 3.27 bits per heavy atom. The van der Waals surface area contributed by atoms with E-state index in [1.165, 1.54) is 5.56 Å². The molecule has 3 nitrogen and oxygen atoms in total. The summed E-state index contributed by atoms with van der Waals surface area (Å²) in [5.41, 5.74) is 7.78. The molecule has 3 heteroatoms. The van der Waals surface area contributed by atoms with Crippen LogP contribution in [0.1, 0.15) is 11.3 Å². The zero-order valence-electron chi connectivity index (χ0n) is 6.21. The molecular formula is C8H10N2O. The summed E-state index contributed by atoms with van der Waals surface area (Å²) in [6, 6.07) is 3.87. The molecule has 2 rings (SSSR count). The first-order chi connectivity index (χ1) is 5.36. The van der Waals surface area contributed by atoms with Gasteiger partial charge in [-0.1, -0.05) is 6.07 Å². The van der Waals surface area contributed by atoms with Crippen LogP contribution in [-0.4, -0.2) is 11.6 Å². The van der Waals surface area contributed by atoms with Gasteiger partial charge in [-0.3, -0.25) is 0 Å². The topological polar surface area (TPSA) is 48.1 Å². The number of nitrogens with two attached hydrogens (primary N) is 1. The average Bonchev–Trinajstić information content (AvgIpc) is 2.04. The summed E-state index contributed by atoms with van der Waals surface area (Å²) in [5.74, 6) is 0.578. The zero-order chi connectivity index (χ0) is 7.68. The number of hydrogen-bond acceptors (Lipinski definition) is 3. The molecule has 11 heavy (non-hydrogen) atoms. The van der Waals surface area contributed by atoms with Gasteiger partial charge in [0.1, 0.15) is 5.82 Å². The van der Waals surface area contributed by atoms with Crippen LogP contribution in [0.15, 0.2) is 12.1 Å². The number of nitrogen functional groups attached to an aromatic ring is 1. The first-order valence-corrected chi connectivity index (χ1v) is 3.68. The van der Waals surface area contributed by atoms with Crippen molar-refractivity contribution in [2.24, 2.45) is 0 Å². The maximum absolute atomic E-state index is 5.52. The molecule has 0 saturated carbocycles. The number of hydrogen-bond donors (Lipinski definition) is 1. The molecule has 0 fully saturated rings.